The molecule has 152 valence electrons. The van der Waals surface area contributed by atoms with Crippen LogP contribution in [0.5, 0.6) is 0 Å². The van der Waals surface area contributed by atoms with Crippen LogP contribution >= 0.6 is 23.2 Å². The van der Waals surface area contributed by atoms with Gasteiger partial charge in [0.2, 0.25) is 0 Å². The maximum Gasteiger partial charge on any atom is 0.313 e. The number of benzene rings is 3. The lowest BCUT2D eigenvalue weighted by atomic mass is 9.79. The second kappa shape index (κ2) is 8.13. The summed E-state index contributed by atoms with van der Waals surface area (Å²) in [6.07, 6.45) is 0. The van der Waals surface area contributed by atoms with Gasteiger partial charge in [0.05, 0.1) is 6.04 Å². The number of hydrogen-bond acceptors (Lipinski definition) is 2. The summed E-state index contributed by atoms with van der Waals surface area (Å²) in [4.78, 5) is 27.6. The predicted molar refractivity (Wildman–Crippen MR) is 117 cm³/mol. The molecule has 3 aromatic rings. The van der Waals surface area contributed by atoms with Crippen molar-refractivity contribution in [1.29, 1.82) is 0 Å². The molecule has 2 atom stereocenters. The van der Waals surface area contributed by atoms with E-state index in [4.69, 9.17) is 23.2 Å². The lowest BCUT2D eigenvalue weighted by Gasteiger charge is -2.41. The molecule has 2 unspecified atom stereocenters. The van der Waals surface area contributed by atoms with Crippen LogP contribution in [0.4, 0.5) is 0 Å². The van der Waals surface area contributed by atoms with Gasteiger partial charge < -0.3 is 10.0 Å². The fourth-order valence-electron chi connectivity index (χ4n) is 4.09. The van der Waals surface area contributed by atoms with Gasteiger partial charge in [-0.1, -0.05) is 71.7 Å². The van der Waals surface area contributed by atoms with E-state index >= 15 is 0 Å². The molecular weight excluding hydrogens is 421 g/mol. The van der Waals surface area contributed by atoms with Gasteiger partial charge in [0.25, 0.3) is 5.91 Å². The monoisotopic (exact) mass is 439 g/mol. The molecule has 0 saturated carbocycles. The van der Waals surface area contributed by atoms with Crippen LogP contribution < -0.4 is 0 Å². The zero-order valence-electron chi connectivity index (χ0n) is 16.2. The summed E-state index contributed by atoms with van der Waals surface area (Å²) in [6.45, 7) is 2.24. The van der Waals surface area contributed by atoms with Gasteiger partial charge in [0.1, 0.15) is 5.92 Å². The highest BCUT2D eigenvalue weighted by molar-refractivity contribution is 6.35. The van der Waals surface area contributed by atoms with Crippen LogP contribution in [0, 0.1) is 6.92 Å². The zero-order chi connectivity index (χ0) is 21.4. The standard InChI is InChI=1S/C24H19Cl2NO3/c1-14-6-2-3-7-15(14)13-27-22(19-11-10-16(25)12-20(19)26)21(24(29)30)17-8-4-5-9-18(17)23(27)28/h2-12,21-22H,13H2,1H3,(H,29,30). The van der Waals surface area contributed by atoms with E-state index in [1.165, 1.54) is 0 Å². The van der Waals surface area contributed by atoms with Crippen molar-refractivity contribution in [3.63, 3.8) is 0 Å². The summed E-state index contributed by atoms with van der Waals surface area (Å²) in [5, 5.41) is 11.0. The number of aliphatic carboxylic acids is 1. The van der Waals surface area contributed by atoms with Crippen LogP contribution in [-0.2, 0) is 11.3 Å². The van der Waals surface area contributed by atoms with Gasteiger partial charge in [0, 0.05) is 22.2 Å². The number of carboxylic acid groups (broad SMARTS) is 1. The number of nitrogens with zero attached hydrogens (tertiary/aromatic N) is 1. The molecule has 0 saturated heterocycles. The summed E-state index contributed by atoms with van der Waals surface area (Å²) < 4.78 is 0. The Kier molecular flexibility index (Phi) is 5.54. The Balaban J connectivity index is 1.93. The molecule has 3 aromatic carbocycles. The quantitative estimate of drug-likeness (QED) is 0.552. The third-order valence-corrected chi connectivity index (χ3v) is 6.15. The zero-order valence-corrected chi connectivity index (χ0v) is 17.7. The molecule has 1 heterocycles. The molecule has 0 aromatic heterocycles. The second-order valence-electron chi connectivity index (χ2n) is 7.37. The van der Waals surface area contributed by atoms with Crippen LogP contribution in [-0.4, -0.2) is 21.9 Å². The number of carboxylic acids is 1. The maximum absolute atomic E-state index is 13.5. The molecule has 0 radical (unpaired) electrons. The van der Waals surface area contributed by atoms with Crippen molar-refractivity contribution in [2.45, 2.75) is 25.4 Å². The highest BCUT2D eigenvalue weighted by atomic mass is 35.5. The Morgan fingerprint density at radius 1 is 1.00 bits per heavy atom. The Morgan fingerprint density at radius 2 is 1.70 bits per heavy atom. The number of amides is 1. The second-order valence-corrected chi connectivity index (χ2v) is 8.22. The Morgan fingerprint density at radius 3 is 2.40 bits per heavy atom. The molecule has 30 heavy (non-hydrogen) atoms. The average Bonchev–Trinajstić information content (AvgIpc) is 2.71. The predicted octanol–water partition coefficient (Wildman–Crippen LogP) is 5.87. The molecule has 6 heteroatoms. The van der Waals surface area contributed by atoms with Crippen LogP contribution in [0.25, 0.3) is 0 Å². The van der Waals surface area contributed by atoms with E-state index < -0.39 is 17.9 Å². The molecule has 1 aliphatic heterocycles. The van der Waals surface area contributed by atoms with Crippen molar-refractivity contribution in [2.24, 2.45) is 0 Å². The first-order valence-electron chi connectivity index (χ1n) is 9.50. The molecule has 1 aliphatic rings. The first-order valence-corrected chi connectivity index (χ1v) is 10.3. The lowest BCUT2D eigenvalue weighted by Crippen LogP contribution is -2.44. The topological polar surface area (TPSA) is 57.6 Å². The summed E-state index contributed by atoms with van der Waals surface area (Å²) in [6, 6.07) is 18.8. The first-order chi connectivity index (χ1) is 14.4. The minimum absolute atomic E-state index is 0.220. The highest BCUT2D eigenvalue weighted by Gasteiger charge is 2.45. The van der Waals surface area contributed by atoms with Crippen LogP contribution in [0.15, 0.2) is 66.7 Å². The van der Waals surface area contributed by atoms with E-state index in [9.17, 15) is 14.7 Å². The Bertz CT molecular complexity index is 1140. The molecule has 1 N–H and O–H groups in total. The van der Waals surface area contributed by atoms with E-state index in [1.54, 1.807) is 47.4 Å². The van der Waals surface area contributed by atoms with Gasteiger partial charge >= 0.3 is 5.97 Å². The van der Waals surface area contributed by atoms with Gasteiger partial charge in [0.15, 0.2) is 0 Å². The maximum atomic E-state index is 13.5. The van der Waals surface area contributed by atoms with E-state index in [2.05, 4.69) is 0 Å². The molecular formula is C24H19Cl2NO3. The third-order valence-electron chi connectivity index (χ3n) is 5.59. The van der Waals surface area contributed by atoms with E-state index in [0.717, 1.165) is 11.1 Å². The first kappa shape index (κ1) is 20.5. The fourth-order valence-corrected chi connectivity index (χ4v) is 4.61. The largest absolute Gasteiger partial charge is 0.481 e. The van der Waals surface area contributed by atoms with Gasteiger partial charge in [-0.25, -0.2) is 0 Å². The van der Waals surface area contributed by atoms with Crippen LogP contribution in [0.1, 0.15) is 44.6 Å². The molecule has 4 rings (SSSR count). The summed E-state index contributed by atoms with van der Waals surface area (Å²) >= 11 is 12.6. The van der Waals surface area contributed by atoms with Crippen molar-refractivity contribution in [3.05, 3.63) is 105 Å². The average molecular weight is 440 g/mol. The van der Waals surface area contributed by atoms with E-state index in [1.807, 2.05) is 31.2 Å². The highest BCUT2D eigenvalue weighted by Crippen LogP contribution is 2.45. The molecule has 1 amide bonds. The van der Waals surface area contributed by atoms with Crippen molar-refractivity contribution in [3.8, 4) is 0 Å². The number of carbonyl (C=O) groups excluding carboxylic acids is 1. The lowest BCUT2D eigenvalue weighted by molar-refractivity contribution is -0.140. The SMILES string of the molecule is Cc1ccccc1CN1C(=O)c2ccccc2C(C(=O)O)C1c1ccc(Cl)cc1Cl. The van der Waals surface area contributed by atoms with E-state index in [0.29, 0.717) is 26.7 Å². The van der Waals surface area contributed by atoms with Crippen molar-refractivity contribution < 1.29 is 14.7 Å². The minimum atomic E-state index is -1.01. The van der Waals surface area contributed by atoms with Crippen molar-refractivity contribution in [1.82, 2.24) is 4.90 Å². The number of rotatable bonds is 4. The molecule has 0 aliphatic carbocycles. The summed E-state index contributed by atoms with van der Waals surface area (Å²) in [5.41, 5.74) is 3.43. The minimum Gasteiger partial charge on any atom is -0.481 e. The molecule has 4 nitrogen and oxygen atoms in total. The molecule has 0 fully saturated rings. The Labute approximate surface area is 184 Å². The summed E-state index contributed by atoms with van der Waals surface area (Å²) in [5.74, 6) is -2.19. The third kappa shape index (κ3) is 3.57. The van der Waals surface area contributed by atoms with Crippen LogP contribution in [0.3, 0.4) is 0 Å². The molecule has 0 spiro atoms. The normalized spacial score (nSPS) is 18.2. The number of halogens is 2. The number of aryl methyl sites for hydroxylation is 1. The van der Waals surface area contributed by atoms with Gasteiger partial charge in [-0.05, 0) is 47.4 Å². The van der Waals surface area contributed by atoms with Gasteiger partial charge in [-0.2, -0.15) is 0 Å². The molecule has 0 bridgehead atoms. The summed E-state index contributed by atoms with van der Waals surface area (Å²) in [7, 11) is 0. The smallest absolute Gasteiger partial charge is 0.313 e. The number of fused-ring (bicyclic) bond motifs is 1. The van der Waals surface area contributed by atoms with Crippen LogP contribution in [0.2, 0.25) is 10.0 Å². The van der Waals surface area contributed by atoms with Gasteiger partial charge in [-0.15, -0.1) is 0 Å². The Hall–Kier alpha value is -2.82. The fraction of sp³-hybridized carbons (Fsp3) is 0.167. The number of carbonyl (C=O) groups is 2. The van der Waals surface area contributed by atoms with Crippen molar-refractivity contribution in [2.75, 3.05) is 0 Å². The van der Waals surface area contributed by atoms with E-state index in [-0.39, 0.29) is 12.5 Å². The van der Waals surface area contributed by atoms with Crippen molar-refractivity contribution >= 4 is 35.1 Å². The van der Waals surface area contributed by atoms with Gasteiger partial charge in [-0.3, -0.25) is 9.59 Å². The number of hydrogen-bond donors (Lipinski definition) is 1.